The van der Waals surface area contributed by atoms with Gasteiger partial charge in [-0.1, -0.05) is 62.2 Å². The molecular formula is C12H8Br2Cl2O4S2. The molecule has 0 fully saturated rings. The zero-order valence-electron chi connectivity index (χ0n) is 10.6. The highest BCUT2D eigenvalue weighted by Crippen LogP contribution is 2.45. The zero-order chi connectivity index (χ0) is 16.8. The average molecular weight is 511 g/mol. The van der Waals surface area contributed by atoms with Crippen LogP contribution in [0.25, 0.3) is 5.57 Å². The van der Waals surface area contributed by atoms with Crippen LogP contribution in [-0.4, -0.2) is 20.1 Å². The Morgan fingerprint density at radius 2 is 1.59 bits per heavy atom. The van der Waals surface area contributed by atoms with Crippen molar-refractivity contribution in [1.82, 2.24) is 0 Å². The van der Waals surface area contributed by atoms with E-state index in [1.165, 1.54) is 24.3 Å². The molecule has 0 atom stereocenters. The highest BCUT2D eigenvalue weighted by molar-refractivity contribution is 9.25. The van der Waals surface area contributed by atoms with E-state index in [1.807, 2.05) is 0 Å². The lowest BCUT2D eigenvalue weighted by Crippen LogP contribution is -2.17. The van der Waals surface area contributed by atoms with Crippen LogP contribution >= 0.6 is 53.2 Å². The number of hydrogen-bond donors (Lipinski definition) is 0. The van der Waals surface area contributed by atoms with Gasteiger partial charge in [0, 0.05) is 33.3 Å². The normalized spacial score (nSPS) is 18.5. The third-order valence-corrected chi connectivity index (χ3v) is 6.91. The van der Waals surface area contributed by atoms with Gasteiger partial charge in [-0.05, 0) is 11.6 Å². The van der Waals surface area contributed by atoms with Gasteiger partial charge in [0.1, 0.15) is 3.23 Å². The molecule has 0 saturated carbocycles. The molecule has 22 heavy (non-hydrogen) atoms. The van der Waals surface area contributed by atoms with Gasteiger partial charge in [0.2, 0.25) is 0 Å². The van der Waals surface area contributed by atoms with Crippen LogP contribution in [0.15, 0.2) is 46.2 Å². The summed E-state index contributed by atoms with van der Waals surface area (Å²) in [6.45, 7) is 0. The van der Waals surface area contributed by atoms with Crippen molar-refractivity contribution in [3.8, 4) is 0 Å². The molecule has 120 valence electrons. The highest BCUT2D eigenvalue weighted by atomic mass is 79.9. The van der Waals surface area contributed by atoms with E-state index >= 15 is 0 Å². The summed E-state index contributed by atoms with van der Waals surface area (Å²) in [5.41, 5.74) is 0.382. The van der Waals surface area contributed by atoms with E-state index in [1.54, 1.807) is 12.1 Å². The number of hydrogen-bond acceptors (Lipinski definition) is 4. The van der Waals surface area contributed by atoms with Crippen molar-refractivity contribution in [2.45, 2.75) is 14.5 Å². The highest BCUT2D eigenvalue weighted by Gasteiger charge is 2.34. The fourth-order valence-corrected chi connectivity index (χ4v) is 5.56. The second-order valence-corrected chi connectivity index (χ2v) is 13.5. The fraction of sp³-hybridized carbons (Fsp3) is 0.167. The van der Waals surface area contributed by atoms with E-state index in [0.29, 0.717) is 0 Å². The summed E-state index contributed by atoms with van der Waals surface area (Å²) in [6, 6.07) is 5.87. The van der Waals surface area contributed by atoms with E-state index in [-0.39, 0.29) is 27.4 Å². The van der Waals surface area contributed by atoms with Crippen LogP contribution in [0.4, 0.5) is 0 Å². The first-order chi connectivity index (χ1) is 9.92. The molecule has 4 nitrogen and oxygen atoms in total. The lowest BCUT2D eigenvalue weighted by molar-refractivity contribution is 0.608. The van der Waals surface area contributed by atoms with Gasteiger partial charge in [0.15, 0.2) is 0 Å². The molecule has 0 heterocycles. The van der Waals surface area contributed by atoms with E-state index in [0.717, 1.165) is 0 Å². The molecule has 1 aromatic rings. The smallest absolute Gasteiger partial charge is 0.207 e. The van der Waals surface area contributed by atoms with Crippen molar-refractivity contribution in [1.29, 1.82) is 0 Å². The zero-order valence-corrected chi connectivity index (χ0v) is 16.9. The number of allylic oxidation sites excluding steroid dienone is 4. The molecule has 1 aliphatic carbocycles. The van der Waals surface area contributed by atoms with Crippen molar-refractivity contribution < 1.29 is 16.8 Å². The molecule has 2 rings (SSSR count). The second kappa shape index (κ2) is 6.22. The van der Waals surface area contributed by atoms with Gasteiger partial charge >= 0.3 is 0 Å². The lowest BCUT2D eigenvalue weighted by atomic mass is 9.99. The quantitative estimate of drug-likeness (QED) is 0.448. The Hall–Kier alpha value is 0.140. The standard InChI is InChI=1S/C12H8Br2Cl2O4S2/c13-12(14)6-5-9(11(7-12)22(16,19)20)8-3-1-2-4-10(8)21(15,17)18/h1-6H,7H2. The molecule has 0 aromatic heterocycles. The molecule has 1 aromatic carbocycles. The third kappa shape index (κ3) is 4.15. The number of halogens is 4. The van der Waals surface area contributed by atoms with Gasteiger partial charge in [-0.15, -0.1) is 0 Å². The van der Waals surface area contributed by atoms with Crippen molar-refractivity contribution in [2.24, 2.45) is 0 Å². The van der Waals surface area contributed by atoms with Crippen LogP contribution in [-0.2, 0) is 18.1 Å². The lowest BCUT2D eigenvalue weighted by Gasteiger charge is -2.24. The minimum atomic E-state index is -4.05. The second-order valence-electron chi connectivity index (χ2n) is 4.48. The molecule has 0 N–H and O–H groups in total. The number of rotatable bonds is 3. The first-order valence-electron chi connectivity index (χ1n) is 5.71. The Morgan fingerprint density at radius 1 is 1.00 bits per heavy atom. The van der Waals surface area contributed by atoms with Crippen molar-refractivity contribution >= 4 is 76.9 Å². The molecule has 0 bridgehead atoms. The molecule has 10 heteroatoms. The summed E-state index contributed by atoms with van der Waals surface area (Å²) < 4.78 is 46.4. The molecule has 0 amide bonds. The SMILES string of the molecule is O=S(=O)(Cl)C1=C(c2ccccc2S(=O)(=O)Cl)C=CC(Br)(Br)C1. The van der Waals surface area contributed by atoms with Crippen LogP contribution in [0.1, 0.15) is 12.0 Å². The van der Waals surface area contributed by atoms with Crippen molar-refractivity contribution in [3.05, 3.63) is 46.9 Å². The largest absolute Gasteiger partial charge is 0.261 e. The first-order valence-corrected chi connectivity index (χ1v) is 11.9. The average Bonchev–Trinajstić information content (AvgIpc) is 2.36. The van der Waals surface area contributed by atoms with Crippen LogP contribution in [0.3, 0.4) is 0 Å². The van der Waals surface area contributed by atoms with Crippen molar-refractivity contribution in [3.63, 3.8) is 0 Å². The summed E-state index contributed by atoms with van der Waals surface area (Å²) in [7, 11) is 2.84. The summed E-state index contributed by atoms with van der Waals surface area (Å²) in [6.07, 6.45) is 3.16. The number of alkyl halides is 2. The Labute approximate surface area is 154 Å². The molecule has 0 aliphatic heterocycles. The molecule has 0 unspecified atom stereocenters. The van der Waals surface area contributed by atoms with Crippen LogP contribution in [0, 0.1) is 0 Å². The van der Waals surface area contributed by atoms with E-state index in [2.05, 4.69) is 31.9 Å². The van der Waals surface area contributed by atoms with Crippen LogP contribution < -0.4 is 0 Å². The summed E-state index contributed by atoms with van der Waals surface area (Å²) in [5, 5.41) is 0. The monoisotopic (exact) mass is 508 g/mol. The molecule has 0 radical (unpaired) electrons. The van der Waals surface area contributed by atoms with Crippen LogP contribution in [0.2, 0.25) is 0 Å². The van der Waals surface area contributed by atoms with E-state index in [9.17, 15) is 16.8 Å². The van der Waals surface area contributed by atoms with E-state index in [4.69, 9.17) is 21.4 Å². The maximum atomic E-state index is 11.9. The van der Waals surface area contributed by atoms with E-state index < -0.39 is 21.3 Å². The van der Waals surface area contributed by atoms with Gasteiger partial charge in [-0.25, -0.2) is 16.8 Å². The van der Waals surface area contributed by atoms with Crippen LogP contribution in [0.5, 0.6) is 0 Å². The molecule has 1 aliphatic rings. The molecule has 0 saturated heterocycles. The summed E-state index contributed by atoms with van der Waals surface area (Å²) in [4.78, 5) is -0.274. The minimum Gasteiger partial charge on any atom is -0.207 e. The maximum Gasteiger partial charge on any atom is 0.261 e. The maximum absolute atomic E-state index is 11.9. The van der Waals surface area contributed by atoms with Gasteiger partial charge in [-0.3, -0.25) is 0 Å². The van der Waals surface area contributed by atoms with Gasteiger partial charge in [-0.2, -0.15) is 0 Å². The van der Waals surface area contributed by atoms with Gasteiger partial charge < -0.3 is 0 Å². The summed E-state index contributed by atoms with van der Waals surface area (Å²) >= 11 is 6.62. The molecule has 0 spiro atoms. The Kier molecular flexibility index (Phi) is 5.22. The predicted molar refractivity (Wildman–Crippen MR) is 95.5 cm³/mol. The summed E-state index contributed by atoms with van der Waals surface area (Å²) in [5.74, 6) is 0. The fourth-order valence-electron chi connectivity index (χ4n) is 2.03. The Balaban J connectivity index is 2.81. The minimum absolute atomic E-state index is 0.0152. The topological polar surface area (TPSA) is 68.3 Å². The Morgan fingerprint density at radius 3 is 2.14 bits per heavy atom. The third-order valence-electron chi connectivity index (χ3n) is 2.92. The number of benzene rings is 1. The Bertz CT molecular complexity index is 887. The molecular weight excluding hydrogens is 503 g/mol. The van der Waals surface area contributed by atoms with Crippen molar-refractivity contribution in [2.75, 3.05) is 0 Å². The first kappa shape index (κ1) is 18.5. The predicted octanol–water partition coefficient (Wildman–Crippen LogP) is 4.34. The van der Waals surface area contributed by atoms with Gasteiger partial charge in [0.05, 0.1) is 9.80 Å². The van der Waals surface area contributed by atoms with Gasteiger partial charge in [0.25, 0.3) is 18.1 Å².